The monoisotopic (exact) mass is 316 g/mol. The van der Waals surface area contributed by atoms with Crippen LogP contribution in [-0.2, 0) is 10.2 Å². The Balaban J connectivity index is 2.08. The van der Waals surface area contributed by atoms with Crippen LogP contribution in [0.2, 0.25) is 0 Å². The first-order valence-corrected chi connectivity index (χ1v) is 6.33. The van der Waals surface area contributed by atoms with Crippen molar-refractivity contribution in [3.8, 4) is 11.5 Å². The molecule has 0 amide bonds. The summed E-state index contributed by atoms with van der Waals surface area (Å²) in [5.74, 6) is -0.545. The predicted molar refractivity (Wildman–Crippen MR) is 63.4 cm³/mol. The molecule has 6 heteroatoms. The molecule has 1 aromatic carbocycles. The van der Waals surface area contributed by atoms with Crippen LogP contribution in [0.4, 0.5) is 4.39 Å². The first-order chi connectivity index (χ1) is 8.53. The molecule has 0 unspecified atom stereocenters. The molecular weight excluding hydrogens is 307 g/mol. The number of ether oxygens (including phenoxy) is 2. The van der Waals surface area contributed by atoms with Gasteiger partial charge in [0, 0.05) is 5.41 Å². The Labute approximate surface area is 111 Å². The molecule has 0 saturated heterocycles. The quantitative estimate of drug-likeness (QED) is 0.931. The Bertz CT molecular complexity index is 539. The summed E-state index contributed by atoms with van der Waals surface area (Å²) in [6.45, 7) is 0.0583. The maximum Gasteiger partial charge on any atom is 0.304 e. The van der Waals surface area contributed by atoms with E-state index in [0.717, 1.165) is 0 Å². The van der Waals surface area contributed by atoms with Crippen molar-refractivity contribution >= 4 is 21.9 Å². The zero-order valence-corrected chi connectivity index (χ0v) is 10.9. The molecular formula is C12H10BrFO4. The molecule has 96 valence electrons. The van der Waals surface area contributed by atoms with Crippen LogP contribution in [-0.4, -0.2) is 17.9 Å². The summed E-state index contributed by atoms with van der Waals surface area (Å²) in [6, 6.07) is 1.57. The normalized spacial score (nSPS) is 18.8. The predicted octanol–water partition coefficient (Wildman–Crippen LogP) is 2.82. The van der Waals surface area contributed by atoms with Crippen LogP contribution in [0, 0.1) is 5.82 Å². The molecule has 2 aliphatic rings. The van der Waals surface area contributed by atoms with Gasteiger partial charge in [-0.05, 0) is 40.4 Å². The number of fused-ring (bicyclic) bond motifs is 1. The van der Waals surface area contributed by atoms with E-state index in [9.17, 15) is 9.18 Å². The largest absolute Gasteiger partial charge is 0.481 e. The fourth-order valence-electron chi connectivity index (χ4n) is 2.35. The van der Waals surface area contributed by atoms with E-state index < -0.39 is 17.2 Å². The van der Waals surface area contributed by atoms with Crippen molar-refractivity contribution in [2.45, 2.75) is 24.7 Å². The van der Waals surface area contributed by atoms with E-state index in [1.165, 1.54) is 0 Å². The van der Waals surface area contributed by atoms with E-state index in [0.29, 0.717) is 29.9 Å². The van der Waals surface area contributed by atoms with E-state index in [1.54, 1.807) is 6.07 Å². The number of hydrogen-bond acceptors (Lipinski definition) is 3. The Morgan fingerprint density at radius 1 is 1.50 bits per heavy atom. The summed E-state index contributed by atoms with van der Waals surface area (Å²) in [6.07, 6.45) is 1.31. The van der Waals surface area contributed by atoms with Gasteiger partial charge in [-0.25, -0.2) is 4.39 Å². The van der Waals surface area contributed by atoms with Gasteiger partial charge in [0.1, 0.15) is 5.82 Å². The molecule has 0 bridgehead atoms. The van der Waals surface area contributed by atoms with Gasteiger partial charge in [-0.15, -0.1) is 0 Å². The molecule has 4 nitrogen and oxygen atoms in total. The topological polar surface area (TPSA) is 55.8 Å². The third-order valence-corrected chi connectivity index (χ3v) is 4.17. The molecule has 1 aliphatic carbocycles. The van der Waals surface area contributed by atoms with Gasteiger partial charge in [0.05, 0.1) is 10.9 Å². The van der Waals surface area contributed by atoms with E-state index >= 15 is 0 Å². The van der Waals surface area contributed by atoms with Gasteiger partial charge < -0.3 is 14.6 Å². The summed E-state index contributed by atoms with van der Waals surface area (Å²) in [4.78, 5) is 10.9. The maximum atomic E-state index is 14.3. The summed E-state index contributed by atoms with van der Waals surface area (Å²) in [7, 11) is 0. The van der Waals surface area contributed by atoms with Gasteiger partial charge in [-0.3, -0.25) is 4.79 Å². The Morgan fingerprint density at radius 3 is 2.83 bits per heavy atom. The van der Waals surface area contributed by atoms with Crippen molar-refractivity contribution in [1.29, 1.82) is 0 Å². The number of halogens is 2. The fraction of sp³-hybridized carbons (Fsp3) is 0.417. The summed E-state index contributed by atoms with van der Waals surface area (Å²) in [5, 5.41) is 8.91. The molecule has 1 fully saturated rings. The van der Waals surface area contributed by atoms with Gasteiger partial charge in [0.15, 0.2) is 11.5 Å². The molecule has 1 N–H and O–H groups in total. The highest BCUT2D eigenvalue weighted by Gasteiger charge is 2.49. The molecule has 1 aliphatic heterocycles. The molecule has 0 spiro atoms. The number of carbonyl (C=O) groups is 1. The summed E-state index contributed by atoms with van der Waals surface area (Å²) >= 11 is 3.14. The minimum absolute atomic E-state index is 0.0583. The maximum absolute atomic E-state index is 14.3. The van der Waals surface area contributed by atoms with Crippen LogP contribution < -0.4 is 9.47 Å². The molecule has 0 radical (unpaired) electrons. The average molecular weight is 317 g/mol. The number of benzene rings is 1. The van der Waals surface area contributed by atoms with Crippen LogP contribution in [0.5, 0.6) is 11.5 Å². The zero-order chi connectivity index (χ0) is 12.9. The Morgan fingerprint density at radius 2 is 2.22 bits per heavy atom. The van der Waals surface area contributed by atoms with Crippen molar-refractivity contribution in [3.05, 3.63) is 21.9 Å². The average Bonchev–Trinajstić information content (AvgIpc) is 2.91. The molecule has 0 aromatic heterocycles. The lowest BCUT2D eigenvalue weighted by Crippen LogP contribution is -2.15. The lowest BCUT2D eigenvalue weighted by molar-refractivity contribution is -0.137. The van der Waals surface area contributed by atoms with E-state index in [1.807, 2.05) is 0 Å². The van der Waals surface area contributed by atoms with E-state index in [-0.39, 0.29) is 17.7 Å². The van der Waals surface area contributed by atoms with E-state index in [4.69, 9.17) is 14.6 Å². The van der Waals surface area contributed by atoms with Crippen molar-refractivity contribution in [1.82, 2.24) is 0 Å². The van der Waals surface area contributed by atoms with Crippen molar-refractivity contribution in [3.63, 3.8) is 0 Å². The van der Waals surface area contributed by atoms with Crippen LogP contribution in [0.1, 0.15) is 24.8 Å². The fourth-order valence-corrected chi connectivity index (χ4v) is 2.87. The van der Waals surface area contributed by atoms with Gasteiger partial charge in [0.2, 0.25) is 6.79 Å². The van der Waals surface area contributed by atoms with Crippen LogP contribution in [0.25, 0.3) is 0 Å². The van der Waals surface area contributed by atoms with Gasteiger partial charge in [-0.2, -0.15) is 0 Å². The lowest BCUT2D eigenvalue weighted by Gasteiger charge is -2.16. The van der Waals surface area contributed by atoms with Crippen molar-refractivity contribution in [2.24, 2.45) is 0 Å². The Hall–Kier alpha value is -1.30. The smallest absolute Gasteiger partial charge is 0.304 e. The van der Waals surface area contributed by atoms with Crippen molar-refractivity contribution in [2.75, 3.05) is 6.79 Å². The zero-order valence-electron chi connectivity index (χ0n) is 9.33. The number of aliphatic carboxylic acids is 1. The highest BCUT2D eigenvalue weighted by Crippen LogP contribution is 2.55. The lowest BCUT2D eigenvalue weighted by atomic mass is 9.91. The standard InChI is InChI=1S/C12H10BrFO4/c13-9-10(14)6(3-7-11(9)18-5-17-7)12(1-2-12)4-8(15)16/h3H,1-2,4-5H2,(H,15,16). The second-order valence-electron chi connectivity index (χ2n) is 4.64. The van der Waals surface area contributed by atoms with E-state index in [2.05, 4.69) is 15.9 Å². The molecule has 18 heavy (non-hydrogen) atoms. The molecule has 3 rings (SSSR count). The van der Waals surface area contributed by atoms with Gasteiger partial charge in [0.25, 0.3) is 0 Å². The number of carboxylic acids is 1. The minimum Gasteiger partial charge on any atom is -0.481 e. The van der Waals surface area contributed by atoms with Crippen LogP contribution in [0.3, 0.4) is 0 Å². The third-order valence-electron chi connectivity index (χ3n) is 3.46. The molecule has 1 saturated carbocycles. The number of carboxylic acid groups (broad SMARTS) is 1. The highest BCUT2D eigenvalue weighted by atomic mass is 79.9. The van der Waals surface area contributed by atoms with Crippen molar-refractivity contribution < 1.29 is 23.8 Å². The minimum atomic E-state index is -0.916. The first-order valence-electron chi connectivity index (χ1n) is 5.53. The molecule has 1 aromatic rings. The first kappa shape index (κ1) is 11.8. The highest BCUT2D eigenvalue weighted by molar-refractivity contribution is 9.10. The SMILES string of the molecule is O=C(O)CC1(c2cc3c(c(Br)c2F)OCO3)CC1. The Kier molecular flexibility index (Phi) is 2.52. The summed E-state index contributed by atoms with van der Waals surface area (Å²) in [5.41, 5.74) is -0.180. The van der Waals surface area contributed by atoms with Crippen LogP contribution in [0.15, 0.2) is 10.5 Å². The molecule has 1 heterocycles. The van der Waals surface area contributed by atoms with Gasteiger partial charge in [-0.1, -0.05) is 0 Å². The molecule has 0 atom stereocenters. The number of hydrogen-bond donors (Lipinski definition) is 1. The summed E-state index contributed by atoms with van der Waals surface area (Å²) < 4.78 is 24.9. The third kappa shape index (κ3) is 1.67. The number of rotatable bonds is 3. The van der Waals surface area contributed by atoms with Crippen LogP contribution >= 0.6 is 15.9 Å². The second-order valence-corrected chi connectivity index (χ2v) is 5.43. The second kappa shape index (κ2) is 3.85. The van der Waals surface area contributed by atoms with Gasteiger partial charge >= 0.3 is 5.97 Å².